The van der Waals surface area contributed by atoms with Gasteiger partial charge in [-0.3, -0.25) is 0 Å². The van der Waals surface area contributed by atoms with Gasteiger partial charge in [0.25, 0.3) is 0 Å². The monoisotopic (exact) mass is 230 g/mol. The molecule has 0 atom stereocenters. The molecule has 2 amide bonds. The summed E-state index contributed by atoms with van der Waals surface area (Å²) in [6, 6.07) is 0.354. The van der Waals surface area contributed by atoms with Crippen molar-refractivity contribution in [2.45, 2.75) is 59.5 Å². The van der Waals surface area contributed by atoms with Crippen LogP contribution < -0.4 is 5.32 Å². The van der Waals surface area contributed by atoms with Gasteiger partial charge in [0.1, 0.15) is 6.73 Å². The third-order valence-electron chi connectivity index (χ3n) is 2.31. The molecule has 0 aliphatic rings. The largest absolute Gasteiger partial charge is 0.361 e. The predicted octanol–water partition coefficient (Wildman–Crippen LogP) is 2.59. The van der Waals surface area contributed by atoms with Crippen molar-refractivity contribution in [1.29, 1.82) is 0 Å². The summed E-state index contributed by atoms with van der Waals surface area (Å²) in [7, 11) is 0. The van der Waals surface area contributed by atoms with Crippen LogP contribution in [0.15, 0.2) is 0 Å². The summed E-state index contributed by atoms with van der Waals surface area (Å²) < 4.78 is 5.30. The van der Waals surface area contributed by atoms with Crippen LogP contribution in [0, 0.1) is 0 Å². The summed E-state index contributed by atoms with van der Waals surface area (Å²) >= 11 is 0. The molecule has 0 aliphatic carbocycles. The first kappa shape index (κ1) is 15.2. The van der Waals surface area contributed by atoms with Crippen molar-refractivity contribution >= 4 is 6.03 Å². The fraction of sp³-hybridized carbons (Fsp3) is 0.917. The molecule has 0 rings (SSSR count). The third-order valence-corrected chi connectivity index (χ3v) is 2.31. The number of rotatable bonds is 7. The Hall–Kier alpha value is -0.770. The van der Waals surface area contributed by atoms with Gasteiger partial charge in [0.05, 0.1) is 0 Å². The van der Waals surface area contributed by atoms with E-state index in [-0.39, 0.29) is 18.1 Å². The van der Waals surface area contributed by atoms with E-state index in [1.165, 1.54) is 0 Å². The minimum atomic E-state index is -0.0542. The standard InChI is InChI=1S/C12H26N2O2/c1-6-7-8-16-9-13-12(15)14(10(2)3)11(4)5/h10-11H,6-9H2,1-5H3,(H,13,15). The fourth-order valence-electron chi connectivity index (χ4n) is 1.59. The maximum atomic E-state index is 11.8. The molecule has 0 fully saturated rings. The van der Waals surface area contributed by atoms with Crippen molar-refractivity contribution in [1.82, 2.24) is 10.2 Å². The summed E-state index contributed by atoms with van der Waals surface area (Å²) in [5.41, 5.74) is 0. The maximum absolute atomic E-state index is 11.8. The lowest BCUT2D eigenvalue weighted by Crippen LogP contribution is -2.48. The normalized spacial score (nSPS) is 10.9. The second-order valence-electron chi connectivity index (χ2n) is 4.48. The van der Waals surface area contributed by atoms with Crippen LogP contribution in [0.2, 0.25) is 0 Å². The molecule has 16 heavy (non-hydrogen) atoms. The molecule has 0 saturated heterocycles. The van der Waals surface area contributed by atoms with E-state index in [0.29, 0.717) is 13.3 Å². The van der Waals surface area contributed by atoms with E-state index in [0.717, 1.165) is 12.8 Å². The minimum Gasteiger partial charge on any atom is -0.361 e. The van der Waals surface area contributed by atoms with Gasteiger partial charge in [0, 0.05) is 18.7 Å². The molecule has 1 N–H and O–H groups in total. The molecule has 0 aromatic heterocycles. The van der Waals surface area contributed by atoms with Crippen molar-refractivity contribution in [3.63, 3.8) is 0 Å². The van der Waals surface area contributed by atoms with Crippen LogP contribution in [0.1, 0.15) is 47.5 Å². The van der Waals surface area contributed by atoms with Gasteiger partial charge < -0.3 is 15.0 Å². The zero-order chi connectivity index (χ0) is 12.6. The van der Waals surface area contributed by atoms with Crippen LogP contribution in [-0.2, 0) is 4.74 Å². The van der Waals surface area contributed by atoms with Gasteiger partial charge in [-0.05, 0) is 34.1 Å². The number of ether oxygens (including phenoxy) is 1. The Balaban J connectivity index is 3.84. The molecule has 0 aliphatic heterocycles. The number of carbonyl (C=O) groups is 1. The molecule has 0 radical (unpaired) electrons. The SMILES string of the molecule is CCCCOCNC(=O)N(C(C)C)C(C)C. The van der Waals surface area contributed by atoms with Crippen molar-refractivity contribution < 1.29 is 9.53 Å². The highest BCUT2D eigenvalue weighted by Gasteiger charge is 2.19. The number of amides is 2. The zero-order valence-electron chi connectivity index (χ0n) is 11.2. The lowest BCUT2D eigenvalue weighted by Gasteiger charge is -2.30. The van der Waals surface area contributed by atoms with Crippen LogP contribution in [-0.4, -0.2) is 36.4 Å². The lowest BCUT2D eigenvalue weighted by molar-refractivity contribution is 0.103. The zero-order valence-corrected chi connectivity index (χ0v) is 11.2. The quantitative estimate of drug-likeness (QED) is 0.539. The summed E-state index contributed by atoms with van der Waals surface area (Å²) in [6.07, 6.45) is 2.14. The summed E-state index contributed by atoms with van der Waals surface area (Å²) in [5.74, 6) is 0. The molecule has 96 valence electrons. The van der Waals surface area contributed by atoms with Gasteiger partial charge in [0.2, 0.25) is 0 Å². The molecular weight excluding hydrogens is 204 g/mol. The van der Waals surface area contributed by atoms with E-state index in [9.17, 15) is 4.79 Å². The average Bonchev–Trinajstić information content (AvgIpc) is 2.16. The first-order chi connectivity index (χ1) is 7.50. The van der Waals surface area contributed by atoms with E-state index >= 15 is 0 Å². The first-order valence-electron chi connectivity index (χ1n) is 6.14. The second kappa shape index (κ2) is 8.39. The average molecular weight is 230 g/mol. The maximum Gasteiger partial charge on any atom is 0.319 e. The van der Waals surface area contributed by atoms with E-state index < -0.39 is 0 Å². The molecule has 0 aromatic rings. The Morgan fingerprint density at radius 3 is 2.25 bits per heavy atom. The van der Waals surface area contributed by atoms with Gasteiger partial charge in [-0.25, -0.2) is 4.79 Å². The smallest absolute Gasteiger partial charge is 0.319 e. The van der Waals surface area contributed by atoms with Gasteiger partial charge in [-0.2, -0.15) is 0 Å². The van der Waals surface area contributed by atoms with Crippen LogP contribution >= 0.6 is 0 Å². The van der Waals surface area contributed by atoms with Gasteiger partial charge in [-0.15, -0.1) is 0 Å². The van der Waals surface area contributed by atoms with Crippen molar-refractivity contribution in [3.8, 4) is 0 Å². The molecule has 0 heterocycles. The van der Waals surface area contributed by atoms with Gasteiger partial charge in [0.15, 0.2) is 0 Å². The van der Waals surface area contributed by atoms with Crippen molar-refractivity contribution in [3.05, 3.63) is 0 Å². The van der Waals surface area contributed by atoms with Gasteiger partial charge >= 0.3 is 6.03 Å². The predicted molar refractivity (Wildman–Crippen MR) is 66.4 cm³/mol. The molecule has 4 nitrogen and oxygen atoms in total. The molecular formula is C12H26N2O2. The summed E-state index contributed by atoms with van der Waals surface area (Å²) in [4.78, 5) is 13.6. The van der Waals surface area contributed by atoms with Crippen molar-refractivity contribution in [2.75, 3.05) is 13.3 Å². The highest BCUT2D eigenvalue weighted by atomic mass is 16.5. The number of nitrogens with zero attached hydrogens (tertiary/aromatic N) is 1. The number of hydrogen-bond donors (Lipinski definition) is 1. The van der Waals surface area contributed by atoms with E-state index in [4.69, 9.17) is 4.74 Å². The van der Waals surface area contributed by atoms with Crippen LogP contribution in [0.5, 0.6) is 0 Å². The van der Waals surface area contributed by atoms with E-state index in [1.807, 2.05) is 32.6 Å². The number of carbonyl (C=O) groups excluding carboxylic acids is 1. The fourth-order valence-corrected chi connectivity index (χ4v) is 1.59. The second-order valence-corrected chi connectivity index (χ2v) is 4.48. The van der Waals surface area contributed by atoms with E-state index in [1.54, 1.807) is 0 Å². The molecule has 0 bridgehead atoms. The topological polar surface area (TPSA) is 41.6 Å². The molecule has 0 spiro atoms. The molecule has 0 aromatic carbocycles. The Labute approximate surface area is 99.3 Å². The summed E-state index contributed by atoms with van der Waals surface area (Å²) in [5, 5.41) is 2.77. The Bertz CT molecular complexity index is 185. The van der Waals surface area contributed by atoms with E-state index in [2.05, 4.69) is 12.2 Å². The van der Waals surface area contributed by atoms with Crippen LogP contribution in [0.4, 0.5) is 4.79 Å². The lowest BCUT2D eigenvalue weighted by atomic mass is 10.2. The van der Waals surface area contributed by atoms with Crippen LogP contribution in [0.3, 0.4) is 0 Å². The Kier molecular flexibility index (Phi) is 7.99. The molecule has 4 heteroatoms. The van der Waals surface area contributed by atoms with Crippen LogP contribution in [0.25, 0.3) is 0 Å². The Morgan fingerprint density at radius 2 is 1.81 bits per heavy atom. The number of unbranched alkanes of at least 4 members (excludes halogenated alkanes) is 1. The highest BCUT2D eigenvalue weighted by molar-refractivity contribution is 5.74. The Morgan fingerprint density at radius 1 is 1.25 bits per heavy atom. The number of hydrogen-bond acceptors (Lipinski definition) is 2. The highest BCUT2D eigenvalue weighted by Crippen LogP contribution is 2.04. The van der Waals surface area contributed by atoms with Gasteiger partial charge in [-0.1, -0.05) is 13.3 Å². The third kappa shape index (κ3) is 5.95. The summed E-state index contributed by atoms with van der Waals surface area (Å²) in [6.45, 7) is 11.2. The minimum absolute atomic E-state index is 0.0542. The van der Waals surface area contributed by atoms with Crippen molar-refractivity contribution in [2.24, 2.45) is 0 Å². The number of urea groups is 1. The molecule has 0 unspecified atom stereocenters. The number of nitrogens with one attached hydrogen (secondary N) is 1. The molecule has 0 saturated carbocycles. The first-order valence-corrected chi connectivity index (χ1v) is 6.14.